The molecule has 2 unspecified atom stereocenters. The lowest BCUT2D eigenvalue weighted by molar-refractivity contribution is -0.159. The summed E-state index contributed by atoms with van der Waals surface area (Å²) in [6, 6.07) is 0. The van der Waals surface area contributed by atoms with Crippen LogP contribution in [0.3, 0.4) is 0 Å². The van der Waals surface area contributed by atoms with E-state index < -0.39 is 17.8 Å². The number of carboxylic acid groups (broad SMARTS) is 1. The number of rotatable bonds is 7. The molecule has 1 N–H and O–H groups in total. The van der Waals surface area contributed by atoms with Gasteiger partial charge in [0.2, 0.25) is 0 Å². The quantitative estimate of drug-likeness (QED) is 0.562. The zero-order valence-electron chi connectivity index (χ0n) is 11.2. The van der Waals surface area contributed by atoms with Crippen molar-refractivity contribution in [3.63, 3.8) is 0 Å². The summed E-state index contributed by atoms with van der Waals surface area (Å²) in [6.07, 6.45) is 7.34. The smallest absolute Gasteiger partial charge is 0.309 e. The van der Waals surface area contributed by atoms with E-state index in [1.54, 1.807) is 0 Å². The lowest BCUT2D eigenvalue weighted by atomic mass is 9.79. The van der Waals surface area contributed by atoms with Crippen molar-refractivity contribution in [3.8, 4) is 0 Å². The molecule has 1 rings (SSSR count). The van der Waals surface area contributed by atoms with Gasteiger partial charge in [-0.25, -0.2) is 0 Å². The maximum Gasteiger partial charge on any atom is 0.309 e. The monoisotopic (exact) mass is 256 g/mol. The van der Waals surface area contributed by atoms with Crippen molar-refractivity contribution in [2.75, 3.05) is 6.61 Å². The number of unbranched alkanes of at least 4 members (excludes halogenated alkanes) is 3. The number of hydrogen-bond donors (Lipinski definition) is 1. The maximum atomic E-state index is 11.9. The molecule has 0 spiro atoms. The molecule has 0 radical (unpaired) electrons. The normalized spacial score (nSPS) is 23.6. The van der Waals surface area contributed by atoms with Crippen LogP contribution in [0.4, 0.5) is 0 Å². The standard InChI is InChI=1S/C14H24O4/c1-2-3-4-7-10-18-14(17)12-9-6-5-8-11(12)13(15)16/h11-12H,2-10H2,1H3,(H,15,16). The summed E-state index contributed by atoms with van der Waals surface area (Å²) in [5.74, 6) is -2.13. The molecule has 4 heteroatoms. The first-order valence-electron chi connectivity index (χ1n) is 7.06. The molecular weight excluding hydrogens is 232 g/mol. The lowest BCUT2D eigenvalue weighted by Crippen LogP contribution is -2.33. The van der Waals surface area contributed by atoms with E-state index in [0.29, 0.717) is 19.4 Å². The molecule has 1 fully saturated rings. The van der Waals surface area contributed by atoms with Gasteiger partial charge < -0.3 is 9.84 Å². The zero-order valence-corrected chi connectivity index (χ0v) is 11.2. The molecule has 0 aromatic carbocycles. The number of hydrogen-bond acceptors (Lipinski definition) is 3. The number of carboxylic acids is 1. The summed E-state index contributed by atoms with van der Waals surface area (Å²) in [5.41, 5.74) is 0. The van der Waals surface area contributed by atoms with Gasteiger partial charge in [0.05, 0.1) is 18.4 Å². The third kappa shape index (κ3) is 4.67. The molecule has 0 aromatic rings. The first-order valence-corrected chi connectivity index (χ1v) is 7.06. The van der Waals surface area contributed by atoms with E-state index >= 15 is 0 Å². The maximum absolute atomic E-state index is 11.9. The summed E-state index contributed by atoms with van der Waals surface area (Å²) in [4.78, 5) is 22.9. The van der Waals surface area contributed by atoms with Crippen LogP contribution < -0.4 is 0 Å². The van der Waals surface area contributed by atoms with Gasteiger partial charge in [-0.1, -0.05) is 39.0 Å². The van der Waals surface area contributed by atoms with Crippen LogP contribution >= 0.6 is 0 Å². The van der Waals surface area contributed by atoms with Gasteiger partial charge in [0.25, 0.3) is 0 Å². The van der Waals surface area contributed by atoms with Crippen molar-refractivity contribution in [1.82, 2.24) is 0 Å². The van der Waals surface area contributed by atoms with Gasteiger partial charge in [-0.3, -0.25) is 9.59 Å². The highest BCUT2D eigenvalue weighted by molar-refractivity contribution is 5.81. The second-order valence-corrected chi connectivity index (χ2v) is 5.06. The Morgan fingerprint density at radius 1 is 1.11 bits per heavy atom. The van der Waals surface area contributed by atoms with E-state index in [-0.39, 0.29) is 5.97 Å². The summed E-state index contributed by atoms with van der Waals surface area (Å²) < 4.78 is 5.21. The Morgan fingerprint density at radius 3 is 2.39 bits per heavy atom. The van der Waals surface area contributed by atoms with Crippen LogP contribution in [0.15, 0.2) is 0 Å². The van der Waals surface area contributed by atoms with Crippen LogP contribution in [0.2, 0.25) is 0 Å². The summed E-state index contributed by atoms with van der Waals surface area (Å²) >= 11 is 0. The Labute approximate surface area is 109 Å². The van der Waals surface area contributed by atoms with E-state index in [1.807, 2.05) is 0 Å². The lowest BCUT2D eigenvalue weighted by Gasteiger charge is -2.26. The molecule has 2 atom stereocenters. The number of carbonyl (C=O) groups is 2. The average Bonchev–Trinajstić information content (AvgIpc) is 2.38. The predicted molar refractivity (Wildman–Crippen MR) is 68.2 cm³/mol. The van der Waals surface area contributed by atoms with E-state index in [2.05, 4.69) is 6.92 Å². The Kier molecular flexibility index (Phi) is 6.76. The van der Waals surface area contributed by atoms with Crippen molar-refractivity contribution in [1.29, 1.82) is 0 Å². The van der Waals surface area contributed by atoms with Gasteiger partial charge in [0, 0.05) is 0 Å². The third-order valence-corrected chi connectivity index (χ3v) is 3.63. The molecule has 0 aliphatic heterocycles. The highest BCUT2D eigenvalue weighted by atomic mass is 16.5. The SMILES string of the molecule is CCCCCCOC(=O)C1CCCCC1C(=O)O. The van der Waals surface area contributed by atoms with Crippen LogP contribution in [0, 0.1) is 11.8 Å². The Balaban J connectivity index is 2.32. The first kappa shape index (κ1) is 15.0. The molecule has 18 heavy (non-hydrogen) atoms. The highest BCUT2D eigenvalue weighted by Gasteiger charge is 2.36. The molecule has 4 nitrogen and oxygen atoms in total. The van der Waals surface area contributed by atoms with Gasteiger partial charge >= 0.3 is 11.9 Å². The minimum Gasteiger partial charge on any atom is -0.481 e. The van der Waals surface area contributed by atoms with Crippen LogP contribution in [0.1, 0.15) is 58.3 Å². The van der Waals surface area contributed by atoms with Gasteiger partial charge in [-0.15, -0.1) is 0 Å². The van der Waals surface area contributed by atoms with E-state index in [1.165, 1.54) is 0 Å². The van der Waals surface area contributed by atoms with E-state index in [4.69, 9.17) is 9.84 Å². The van der Waals surface area contributed by atoms with Crippen molar-refractivity contribution in [3.05, 3.63) is 0 Å². The van der Waals surface area contributed by atoms with Crippen LogP contribution in [0.5, 0.6) is 0 Å². The topological polar surface area (TPSA) is 63.6 Å². The predicted octanol–water partition coefficient (Wildman–Crippen LogP) is 3.00. The Morgan fingerprint density at radius 2 is 1.78 bits per heavy atom. The molecule has 0 bridgehead atoms. The van der Waals surface area contributed by atoms with Gasteiger partial charge in [0.15, 0.2) is 0 Å². The van der Waals surface area contributed by atoms with Crippen LogP contribution in [-0.2, 0) is 14.3 Å². The second-order valence-electron chi connectivity index (χ2n) is 5.06. The van der Waals surface area contributed by atoms with Crippen molar-refractivity contribution >= 4 is 11.9 Å². The number of carbonyl (C=O) groups excluding carboxylic acids is 1. The average molecular weight is 256 g/mol. The Hall–Kier alpha value is -1.06. The van der Waals surface area contributed by atoms with Crippen LogP contribution in [0.25, 0.3) is 0 Å². The fourth-order valence-electron chi connectivity index (χ4n) is 2.52. The van der Waals surface area contributed by atoms with Crippen LogP contribution in [-0.4, -0.2) is 23.7 Å². The number of ether oxygens (including phenoxy) is 1. The number of esters is 1. The van der Waals surface area contributed by atoms with Crippen molar-refractivity contribution < 1.29 is 19.4 Å². The Bertz CT molecular complexity index is 275. The largest absolute Gasteiger partial charge is 0.481 e. The first-order chi connectivity index (χ1) is 8.66. The van der Waals surface area contributed by atoms with E-state index in [9.17, 15) is 9.59 Å². The third-order valence-electron chi connectivity index (χ3n) is 3.63. The second kappa shape index (κ2) is 8.11. The molecule has 0 amide bonds. The van der Waals surface area contributed by atoms with E-state index in [0.717, 1.165) is 38.5 Å². The van der Waals surface area contributed by atoms with Gasteiger partial charge in [-0.05, 0) is 19.3 Å². The molecular formula is C14H24O4. The molecule has 0 heterocycles. The van der Waals surface area contributed by atoms with Gasteiger partial charge in [-0.2, -0.15) is 0 Å². The molecule has 1 aliphatic rings. The van der Waals surface area contributed by atoms with Crippen molar-refractivity contribution in [2.24, 2.45) is 11.8 Å². The number of aliphatic carboxylic acids is 1. The highest BCUT2D eigenvalue weighted by Crippen LogP contribution is 2.31. The molecule has 1 saturated carbocycles. The summed E-state index contributed by atoms with van der Waals surface area (Å²) in [7, 11) is 0. The summed E-state index contributed by atoms with van der Waals surface area (Å²) in [6.45, 7) is 2.56. The minimum atomic E-state index is -0.859. The minimum absolute atomic E-state index is 0.307. The fourth-order valence-corrected chi connectivity index (χ4v) is 2.52. The molecule has 0 saturated heterocycles. The fraction of sp³-hybridized carbons (Fsp3) is 0.857. The molecule has 1 aliphatic carbocycles. The van der Waals surface area contributed by atoms with Gasteiger partial charge in [0.1, 0.15) is 0 Å². The molecule has 104 valence electrons. The zero-order chi connectivity index (χ0) is 13.4. The summed E-state index contributed by atoms with van der Waals surface area (Å²) in [5, 5.41) is 9.09. The van der Waals surface area contributed by atoms with Crippen molar-refractivity contribution in [2.45, 2.75) is 58.3 Å². The molecule has 0 aromatic heterocycles.